The molecule has 0 amide bonds. The van der Waals surface area contributed by atoms with E-state index in [-0.39, 0.29) is 23.2 Å². The van der Waals surface area contributed by atoms with Gasteiger partial charge in [0.25, 0.3) is 5.92 Å². The van der Waals surface area contributed by atoms with E-state index >= 15 is 0 Å². The van der Waals surface area contributed by atoms with Crippen LogP contribution in [0.15, 0.2) is 55.2 Å². The van der Waals surface area contributed by atoms with Crippen molar-refractivity contribution in [2.45, 2.75) is 19.3 Å². The van der Waals surface area contributed by atoms with Gasteiger partial charge in [-0.15, -0.1) is 0 Å². The third-order valence-corrected chi connectivity index (χ3v) is 4.19. The number of carbonyl (C=O) groups is 1. The van der Waals surface area contributed by atoms with Crippen molar-refractivity contribution >= 4 is 17.2 Å². The summed E-state index contributed by atoms with van der Waals surface area (Å²) in [5.41, 5.74) is 1.13. The summed E-state index contributed by atoms with van der Waals surface area (Å²) in [6, 6.07) is 6.30. The molecule has 3 rings (SSSR count). The molecule has 0 N–H and O–H groups in total. The van der Waals surface area contributed by atoms with Gasteiger partial charge in [-0.3, -0.25) is 9.78 Å². The Morgan fingerprint density at radius 1 is 1.11 bits per heavy atom. The van der Waals surface area contributed by atoms with Crippen molar-refractivity contribution in [2.24, 2.45) is 0 Å². The molecule has 2 aromatic heterocycles. The number of rotatable bonds is 6. The SMILES string of the molecule is CN(c1cncnc1)c1cc(F)cc(C(=O)Cc2cc(C(C)(F)F)ccn2)c1. The van der Waals surface area contributed by atoms with Gasteiger partial charge < -0.3 is 4.90 Å². The van der Waals surface area contributed by atoms with Gasteiger partial charge in [-0.25, -0.2) is 23.1 Å². The lowest BCUT2D eigenvalue weighted by molar-refractivity contribution is 0.0172. The molecule has 8 heteroatoms. The summed E-state index contributed by atoms with van der Waals surface area (Å²) in [5.74, 6) is -4.05. The third-order valence-electron chi connectivity index (χ3n) is 4.19. The lowest BCUT2D eigenvalue weighted by Crippen LogP contribution is -2.13. The van der Waals surface area contributed by atoms with Gasteiger partial charge in [0.15, 0.2) is 5.78 Å². The first-order valence-electron chi connectivity index (χ1n) is 8.40. The van der Waals surface area contributed by atoms with Gasteiger partial charge in [-0.2, -0.15) is 0 Å². The minimum Gasteiger partial charge on any atom is -0.342 e. The normalized spacial score (nSPS) is 11.3. The first kappa shape index (κ1) is 19.5. The summed E-state index contributed by atoms with van der Waals surface area (Å²) in [6.07, 6.45) is 5.50. The highest BCUT2D eigenvalue weighted by Gasteiger charge is 2.25. The molecule has 0 saturated heterocycles. The van der Waals surface area contributed by atoms with E-state index in [0.717, 1.165) is 13.0 Å². The van der Waals surface area contributed by atoms with Crippen LogP contribution < -0.4 is 4.90 Å². The Morgan fingerprint density at radius 3 is 2.50 bits per heavy atom. The van der Waals surface area contributed by atoms with Crippen LogP contribution in [-0.4, -0.2) is 27.8 Å². The number of pyridine rings is 1. The van der Waals surface area contributed by atoms with Gasteiger partial charge in [0, 0.05) is 42.7 Å². The Morgan fingerprint density at radius 2 is 1.82 bits per heavy atom. The molecule has 3 aromatic rings. The lowest BCUT2D eigenvalue weighted by atomic mass is 10.0. The molecule has 1 aromatic carbocycles. The smallest absolute Gasteiger partial charge is 0.270 e. The van der Waals surface area contributed by atoms with Crippen molar-refractivity contribution in [3.05, 3.63) is 77.9 Å². The molecule has 0 aliphatic carbocycles. The monoisotopic (exact) mass is 386 g/mol. The van der Waals surface area contributed by atoms with Crippen LogP contribution in [-0.2, 0) is 12.3 Å². The molecular formula is C20H17F3N4O. The standard InChI is InChI=1S/C20H17F3N4O/c1-20(22,23)14-3-4-26-16(7-14)9-19(28)13-5-15(21)8-17(6-13)27(2)18-10-24-12-25-11-18/h3-8,10-12H,9H2,1-2H3. The average molecular weight is 386 g/mol. The second kappa shape index (κ2) is 7.75. The van der Waals surface area contributed by atoms with Gasteiger partial charge in [0.2, 0.25) is 0 Å². The maximum atomic E-state index is 14.1. The Labute approximate surface area is 159 Å². The Hall–Kier alpha value is -3.29. The summed E-state index contributed by atoms with van der Waals surface area (Å²) >= 11 is 0. The highest BCUT2D eigenvalue weighted by molar-refractivity contribution is 5.98. The van der Waals surface area contributed by atoms with Crippen molar-refractivity contribution in [3.63, 3.8) is 0 Å². The van der Waals surface area contributed by atoms with E-state index in [4.69, 9.17) is 0 Å². The number of ketones is 1. The van der Waals surface area contributed by atoms with Gasteiger partial charge in [-0.1, -0.05) is 0 Å². The van der Waals surface area contributed by atoms with Gasteiger partial charge >= 0.3 is 0 Å². The van der Waals surface area contributed by atoms with Crippen LogP contribution in [0.4, 0.5) is 24.5 Å². The predicted molar refractivity (Wildman–Crippen MR) is 98.3 cm³/mol. The minimum absolute atomic E-state index is 0.120. The van der Waals surface area contributed by atoms with E-state index in [9.17, 15) is 18.0 Å². The molecule has 0 saturated carbocycles. The number of carbonyl (C=O) groups excluding carboxylic acids is 1. The van der Waals surface area contributed by atoms with E-state index in [1.54, 1.807) is 24.3 Å². The van der Waals surface area contributed by atoms with Gasteiger partial charge in [0.1, 0.15) is 12.1 Å². The lowest BCUT2D eigenvalue weighted by Gasteiger charge is -2.19. The predicted octanol–water partition coefficient (Wildman–Crippen LogP) is 4.32. The molecule has 0 fully saturated rings. The fourth-order valence-corrected chi connectivity index (χ4v) is 2.66. The molecule has 0 aliphatic heterocycles. The molecule has 5 nitrogen and oxygen atoms in total. The Bertz CT molecular complexity index is 990. The van der Waals surface area contributed by atoms with E-state index in [1.165, 1.54) is 36.8 Å². The number of anilines is 2. The highest BCUT2D eigenvalue weighted by Crippen LogP contribution is 2.28. The topological polar surface area (TPSA) is 59.0 Å². The molecule has 0 unspecified atom stereocenters. The highest BCUT2D eigenvalue weighted by atomic mass is 19.3. The van der Waals surface area contributed by atoms with Crippen molar-refractivity contribution in [3.8, 4) is 0 Å². The molecule has 0 spiro atoms. The molecule has 0 aliphatic rings. The van der Waals surface area contributed by atoms with Crippen LogP contribution in [0.25, 0.3) is 0 Å². The summed E-state index contributed by atoms with van der Waals surface area (Å²) in [5, 5.41) is 0. The van der Waals surface area contributed by atoms with Gasteiger partial charge in [-0.05, 0) is 30.3 Å². The van der Waals surface area contributed by atoms with Crippen LogP contribution >= 0.6 is 0 Å². The van der Waals surface area contributed by atoms with E-state index in [1.807, 2.05) is 0 Å². The fraction of sp³-hybridized carbons (Fsp3) is 0.200. The summed E-state index contributed by atoms with van der Waals surface area (Å²) in [7, 11) is 1.69. The van der Waals surface area contributed by atoms with Crippen molar-refractivity contribution < 1.29 is 18.0 Å². The molecular weight excluding hydrogens is 369 g/mol. The fourth-order valence-electron chi connectivity index (χ4n) is 2.66. The minimum atomic E-state index is -3.03. The Kier molecular flexibility index (Phi) is 5.39. The maximum Gasteiger partial charge on any atom is 0.270 e. The summed E-state index contributed by atoms with van der Waals surface area (Å²) in [4.78, 5) is 26.0. The van der Waals surface area contributed by atoms with E-state index in [2.05, 4.69) is 15.0 Å². The summed E-state index contributed by atoms with van der Waals surface area (Å²) in [6.45, 7) is 0.774. The average Bonchev–Trinajstić information content (AvgIpc) is 2.67. The van der Waals surface area contributed by atoms with Crippen molar-refractivity contribution in [1.82, 2.24) is 15.0 Å². The first-order chi connectivity index (χ1) is 13.2. The Balaban J connectivity index is 1.86. The molecule has 2 heterocycles. The largest absolute Gasteiger partial charge is 0.342 e. The third kappa shape index (κ3) is 4.51. The van der Waals surface area contributed by atoms with E-state index in [0.29, 0.717) is 11.4 Å². The van der Waals surface area contributed by atoms with Crippen LogP contribution in [0, 0.1) is 5.82 Å². The molecule has 0 bridgehead atoms. The zero-order valence-electron chi connectivity index (χ0n) is 15.2. The van der Waals surface area contributed by atoms with Gasteiger partial charge in [0.05, 0.1) is 24.5 Å². The molecule has 0 radical (unpaired) electrons. The second-order valence-corrected chi connectivity index (χ2v) is 6.38. The molecule has 0 atom stereocenters. The molecule has 28 heavy (non-hydrogen) atoms. The van der Waals surface area contributed by atoms with Crippen LogP contribution in [0.2, 0.25) is 0 Å². The number of benzene rings is 1. The van der Waals surface area contributed by atoms with Crippen LogP contribution in [0.1, 0.15) is 28.5 Å². The number of hydrogen-bond acceptors (Lipinski definition) is 5. The number of hydrogen-bond donors (Lipinski definition) is 0. The number of nitrogens with zero attached hydrogens (tertiary/aromatic N) is 4. The zero-order valence-corrected chi connectivity index (χ0v) is 15.2. The number of halogens is 3. The number of alkyl halides is 2. The quantitative estimate of drug-likeness (QED) is 0.591. The van der Waals surface area contributed by atoms with Crippen molar-refractivity contribution in [2.75, 3.05) is 11.9 Å². The van der Waals surface area contributed by atoms with Crippen LogP contribution in [0.5, 0.6) is 0 Å². The van der Waals surface area contributed by atoms with Crippen molar-refractivity contribution in [1.29, 1.82) is 0 Å². The second-order valence-electron chi connectivity index (χ2n) is 6.38. The number of Topliss-reactive ketones (excluding diaryl/α,β-unsaturated/α-hetero) is 1. The van der Waals surface area contributed by atoms with Crippen LogP contribution in [0.3, 0.4) is 0 Å². The first-order valence-corrected chi connectivity index (χ1v) is 8.40. The summed E-state index contributed by atoms with van der Waals surface area (Å²) < 4.78 is 41.0. The zero-order chi connectivity index (χ0) is 20.3. The maximum absolute atomic E-state index is 14.1. The number of aromatic nitrogens is 3. The van der Waals surface area contributed by atoms with E-state index < -0.39 is 17.5 Å². The molecule has 144 valence electrons.